The first-order valence-corrected chi connectivity index (χ1v) is 14.1. The predicted octanol–water partition coefficient (Wildman–Crippen LogP) is 3.30. The summed E-state index contributed by atoms with van der Waals surface area (Å²) in [6, 6.07) is 14.3. The molecule has 2 aliphatic rings. The van der Waals surface area contributed by atoms with Crippen molar-refractivity contribution >= 4 is 28.6 Å². The second-order valence-corrected chi connectivity index (χ2v) is 10.8. The molecule has 10 nitrogen and oxygen atoms in total. The summed E-state index contributed by atoms with van der Waals surface area (Å²) >= 11 is 0. The molecule has 1 fully saturated rings. The number of nitrogens with zero attached hydrogens (tertiary/aromatic N) is 4. The van der Waals surface area contributed by atoms with Crippen molar-refractivity contribution in [3.63, 3.8) is 0 Å². The van der Waals surface area contributed by atoms with Crippen molar-refractivity contribution < 1.29 is 14.7 Å². The summed E-state index contributed by atoms with van der Waals surface area (Å²) in [5.41, 5.74) is 7.56. The maximum atomic E-state index is 13.3. The van der Waals surface area contributed by atoms with Crippen molar-refractivity contribution in [1.82, 2.24) is 24.9 Å². The topological polar surface area (TPSA) is 122 Å². The number of aryl methyl sites for hydroxylation is 2. The fraction of sp³-hybridized carbons (Fsp3) is 0.355. The van der Waals surface area contributed by atoms with Gasteiger partial charge in [0.25, 0.3) is 5.91 Å². The van der Waals surface area contributed by atoms with Crippen LogP contribution >= 0.6 is 0 Å². The number of aliphatic hydroxyl groups excluding tert-OH is 1. The number of hydrogen-bond donors (Lipinski definition) is 3. The van der Waals surface area contributed by atoms with E-state index in [0.717, 1.165) is 69.5 Å². The van der Waals surface area contributed by atoms with Crippen LogP contribution in [0.4, 0.5) is 11.6 Å². The van der Waals surface area contributed by atoms with Crippen LogP contribution in [0.25, 0.3) is 16.7 Å². The minimum absolute atomic E-state index is 0.0567. The molecule has 0 radical (unpaired) electrons. The van der Waals surface area contributed by atoms with Gasteiger partial charge < -0.3 is 19.9 Å². The SMILES string of the molecule is CONC(=O)c1cn(-c2ccc3c(c2)CCC3)c2nc(Nc3ccc(CCN4CCC[C@@H](O)C4)cc3)ncc2c1=O. The number of amides is 1. The Morgan fingerprint density at radius 3 is 2.76 bits per heavy atom. The minimum atomic E-state index is -0.631. The zero-order valence-electron chi connectivity index (χ0n) is 23.1. The molecule has 1 atom stereocenters. The van der Waals surface area contributed by atoms with E-state index in [9.17, 15) is 14.7 Å². The molecule has 10 heteroatoms. The molecule has 0 bridgehead atoms. The predicted molar refractivity (Wildman–Crippen MR) is 157 cm³/mol. The average Bonchev–Trinajstić information content (AvgIpc) is 3.45. The summed E-state index contributed by atoms with van der Waals surface area (Å²) in [6.07, 6.45) is 8.76. The molecule has 1 aliphatic carbocycles. The third-order valence-electron chi connectivity index (χ3n) is 7.95. The summed E-state index contributed by atoms with van der Waals surface area (Å²) in [6.45, 7) is 2.70. The van der Waals surface area contributed by atoms with Crippen molar-refractivity contribution in [2.75, 3.05) is 32.1 Å². The van der Waals surface area contributed by atoms with E-state index < -0.39 is 11.3 Å². The number of fused-ring (bicyclic) bond motifs is 2. The van der Waals surface area contributed by atoms with E-state index in [2.05, 4.69) is 44.9 Å². The first-order valence-electron chi connectivity index (χ1n) is 14.1. The van der Waals surface area contributed by atoms with Crippen LogP contribution in [0, 0.1) is 0 Å². The Balaban J connectivity index is 1.28. The van der Waals surface area contributed by atoms with E-state index in [1.54, 1.807) is 4.57 Å². The third-order valence-corrected chi connectivity index (χ3v) is 7.95. The molecule has 0 unspecified atom stereocenters. The van der Waals surface area contributed by atoms with Crippen LogP contribution in [-0.4, -0.2) is 63.3 Å². The van der Waals surface area contributed by atoms with E-state index >= 15 is 0 Å². The molecular formula is C31H34N6O4. The number of β-amino-alcohol motifs (C(OH)–C–C–N with tert-alkyl or cyclic N) is 1. The highest BCUT2D eigenvalue weighted by Gasteiger charge is 2.20. The Morgan fingerprint density at radius 2 is 1.95 bits per heavy atom. The number of carbonyl (C=O) groups is 1. The average molecular weight is 555 g/mol. The molecular weight excluding hydrogens is 520 g/mol. The molecule has 3 N–H and O–H groups in total. The minimum Gasteiger partial charge on any atom is -0.392 e. The molecule has 1 saturated heterocycles. The van der Waals surface area contributed by atoms with Gasteiger partial charge in [-0.15, -0.1) is 0 Å². The highest BCUT2D eigenvalue weighted by Crippen LogP contribution is 2.26. The van der Waals surface area contributed by atoms with E-state index in [0.29, 0.717) is 11.6 Å². The molecule has 0 spiro atoms. The van der Waals surface area contributed by atoms with Crippen LogP contribution in [0.15, 0.2) is 59.7 Å². The normalized spacial score (nSPS) is 17.0. The number of nitrogens with one attached hydrogen (secondary N) is 2. The van der Waals surface area contributed by atoms with E-state index in [1.165, 1.54) is 36.2 Å². The van der Waals surface area contributed by atoms with Crippen molar-refractivity contribution in [2.24, 2.45) is 0 Å². The van der Waals surface area contributed by atoms with Gasteiger partial charge in [0.05, 0.1) is 18.6 Å². The Hall–Kier alpha value is -4.12. The van der Waals surface area contributed by atoms with E-state index in [4.69, 9.17) is 9.82 Å². The fourth-order valence-corrected chi connectivity index (χ4v) is 5.79. The first kappa shape index (κ1) is 27.1. The highest BCUT2D eigenvalue weighted by atomic mass is 16.6. The lowest BCUT2D eigenvalue weighted by Crippen LogP contribution is -2.39. The molecule has 212 valence electrons. The van der Waals surface area contributed by atoms with Gasteiger partial charge in [-0.05, 0) is 86.0 Å². The second kappa shape index (κ2) is 11.8. The maximum Gasteiger partial charge on any atom is 0.280 e. The number of benzene rings is 2. The maximum absolute atomic E-state index is 13.3. The Labute approximate surface area is 238 Å². The number of likely N-dealkylation sites (tertiary alicyclic amines) is 1. The van der Waals surface area contributed by atoms with Crippen LogP contribution in [0.2, 0.25) is 0 Å². The molecule has 2 aromatic carbocycles. The molecule has 3 heterocycles. The van der Waals surface area contributed by atoms with Crippen molar-refractivity contribution in [3.05, 3.63) is 87.3 Å². The molecule has 2 aromatic heterocycles. The number of hydroxylamine groups is 1. The van der Waals surface area contributed by atoms with Gasteiger partial charge in [-0.25, -0.2) is 10.5 Å². The van der Waals surface area contributed by atoms with Crippen LogP contribution < -0.4 is 16.2 Å². The Kier molecular flexibility index (Phi) is 7.78. The lowest BCUT2D eigenvalue weighted by atomic mass is 10.1. The van der Waals surface area contributed by atoms with Crippen molar-refractivity contribution in [2.45, 2.75) is 44.6 Å². The standard InChI is InChI=1S/C31H34N6O4/c1-41-35-30(40)27-19-37(24-12-9-21-4-2-5-22(21)16-24)29-26(28(27)39)17-32-31(34-29)33-23-10-7-20(8-11-23)13-15-36-14-3-6-25(38)18-36/h7-12,16-17,19,25,38H,2-6,13-15,18H2,1H3,(H,35,40)(H,32,33,34)/t25-/m1/s1. The summed E-state index contributed by atoms with van der Waals surface area (Å²) in [7, 11) is 1.32. The van der Waals surface area contributed by atoms with Gasteiger partial charge in [0, 0.05) is 36.9 Å². The first-order chi connectivity index (χ1) is 20.0. The van der Waals surface area contributed by atoms with Gasteiger partial charge in [-0.1, -0.05) is 18.2 Å². The molecule has 1 amide bonds. The second-order valence-electron chi connectivity index (χ2n) is 10.8. The number of carbonyl (C=O) groups excluding carboxylic acids is 1. The van der Waals surface area contributed by atoms with Gasteiger partial charge >= 0.3 is 0 Å². The van der Waals surface area contributed by atoms with Crippen molar-refractivity contribution in [3.8, 4) is 5.69 Å². The lowest BCUT2D eigenvalue weighted by molar-refractivity contribution is 0.0536. The highest BCUT2D eigenvalue weighted by molar-refractivity contribution is 5.96. The number of pyridine rings is 1. The summed E-state index contributed by atoms with van der Waals surface area (Å²) < 4.78 is 1.77. The Morgan fingerprint density at radius 1 is 1.12 bits per heavy atom. The summed E-state index contributed by atoms with van der Waals surface area (Å²) in [5, 5.41) is 13.4. The molecule has 0 saturated carbocycles. The number of aliphatic hydroxyl groups is 1. The third kappa shape index (κ3) is 5.85. The number of piperidine rings is 1. The quantitative estimate of drug-likeness (QED) is 0.284. The van der Waals surface area contributed by atoms with Gasteiger partial charge in [0.1, 0.15) is 5.56 Å². The molecule has 41 heavy (non-hydrogen) atoms. The zero-order chi connectivity index (χ0) is 28.3. The van der Waals surface area contributed by atoms with Crippen LogP contribution in [0.3, 0.4) is 0 Å². The van der Waals surface area contributed by atoms with Gasteiger partial charge in [-0.2, -0.15) is 4.98 Å². The van der Waals surface area contributed by atoms with Gasteiger partial charge in [0.15, 0.2) is 5.65 Å². The molecule has 1 aliphatic heterocycles. The number of hydrogen-bond acceptors (Lipinski definition) is 8. The van der Waals surface area contributed by atoms with E-state index in [1.807, 2.05) is 18.2 Å². The summed E-state index contributed by atoms with van der Waals surface area (Å²) in [4.78, 5) is 42.1. The van der Waals surface area contributed by atoms with Crippen LogP contribution in [0.5, 0.6) is 0 Å². The fourth-order valence-electron chi connectivity index (χ4n) is 5.79. The van der Waals surface area contributed by atoms with Crippen LogP contribution in [0.1, 0.15) is 46.3 Å². The number of rotatable bonds is 8. The molecule has 6 rings (SSSR count). The smallest absolute Gasteiger partial charge is 0.280 e. The number of anilines is 2. The van der Waals surface area contributed by atoms with Gasteiger partial charge in [-0.3, -0.25) is 14.4 Å². The monoisotopic (exact) mass is 554 g/mol. The largest absolute Gasteiger partial charge is 0.392 e. The van der Waals surface area contributed by atoms with Gasteiger partial charge in [0.2, 0.25) is 11.4 Å². The zero-order valence-corrected chi connectivity index (χ0v) is 23.1. The summed E-state index contributed by atoms with van der Waals surface area (Å²) in [5.74, 6) is -0.288. The van der Waals surface area contributed by atoms with Crippen molar-refractivity contribution in [1.29, 1.82) is 0 Å². The lowest BCUT2D eigenvalue weighted by Gasteiger charge is -2.29. The van der Waals surface area contributed by atoms with Crippen LogP contribution in [-0.2, 0) is 24.1 Å². The van der Waals surface area contributed by atoms with E-state index in [-0.39, 0.29) is 17.1 Å². The number of aromatic nitrogens is 3. The Bertz CT molecular complexity index is 1630. The molecule has 4 aromatic rings.